The van der Waals surface area contributed by atoms with Gasteiger partial charge in [-0.05, 0) is 11.6 Å². The molecule has 0 bridgehead atoms. The molecule has 6 nitrogen and oxygen atoms in total. The highest BCUT2D eigenvalue weighted by molar-refractivity contribution is 5.98. The van der Waals surface area contributed by atoms with Gasteiger partial charge >= 0.3 is 24.1 Å². The minimum absolute atomic E-state index is 0.512. The van der Waals surface area contributed by atoms with Crippen LogP contribution in [0, 0.1) is 0 Å². The second kappa shape index (κ2) is 7.92. The molecule has 1 amide bonds. The van der Waals surface area contributed by atoms with Gasteiger partial charge in [0.15, 0.2) is 0 Å². The van der Waals surface area contributed by atoms with Crippen molar-refractivity contribution in [3.63, 3.8) is 0 Å². The largest absolute Gasteiger partial charge is 0.416 e. The Bertz CT molecular complexity index is 726. The lowest BCUT2D eigenvalue weighted by Crippen LogP contribution is -2.35. The van der Waals surface area contributed by atoms with Crippen molar-refractivity contribution in [2.75, 3.05) is 5.32 Å². The zero-order chi connectivity index (χ0) is 17.5. The zero-order valence-corrected chi connectivity index (χ0v) is 13.3. The Labute approximate surface area is 139 Å². The molecule has 0 unspecified atom stereocenters. The fourth-order valence-corrected chi connectivity index (χ4v) is 2.09. The van der Waals surface area contributed by atoms with Gasteiger partial charge in [0, 0.05) is 25.1 Å². The molecule has 2 aromatic rings. The average Bonchev–Trinajstić information content (AvgIpc) is 2.54. The van der Waals surface area contributed by atoms with Gasteiger partial charge in [0.1, 0.15) is 0 Å². The second-order valence-electron chi connectivity index (χ2n) is 4.95. The minimum Gasteiger partial charge on any atom is -0.416 e. The maximum atomic E-state index is 12.3. The standard InChI is InChI=1S/C18H17NO5/c1-12(20)23-18(24-13(2)21)17(22)19-16-11-7-6-10-15(16)14-8-4-3-5-9-14/h3-11,18H,1-2H3,(H,19,22). The summed E-state index contributed by atoms with van der Waals surface area (Å²) in [6.45, 7) is 2.25. The Balaban J connectivity index is 2.25. The Kier molecular flexibility index (Phi) is 5.68. The summed E-state index contributed by atoms with van der Waals surface area (Å²) in [5, 5.41) is 2.63. The van der Waals surface area contributed by atoms with Crippen LogP contribution in [0.3, 0.4) is 0 Å². The molecule has 0 radical (unpaired) electrons. The number of carbonyl (C=O) groups is 3. The first-order chi connectivity index (χ1) is 11.5. The highest BCUT2D eigenvalue weighted by atomic mass is 16.7. The van der Waals surface area contributed by atoms with E-state index in [4.69, 9.17) is 9.47 Å². The quantitative estimate of drug-likeness (QED) is 0.674. The molecule has 0 aromatic heterocycles. The fourth-order valence-electron chi connectivity index (χ4n) is 2.09. The lowest BCUT2D eigenvalue weighted by atomic mass is 10.0. The second-order valence-corrected chi connectivity index (χ2v) is 4.95. The smallest absolute Gasteiger partial charge is 0.326 e. The SMILES string of the molecule is CC(=O)OC(OC(C)=O)C(=O)Nc1ccccc1-c1ccccc1. The van der Waals surface area contributed by atoms with Crippen molar-refractivity contribution in [1.82, 2.24) is 0 Å². The third kappa shape index (κ3) is 4.67. The summed E-state index contributed by atoms with van der Waals surface area (Å²) < 4.78 is 9.49. The molecular formula is C18H17NO5. The molecule has 0 spiro atoms. The van der Waals surface area contributed by atoms with E-state index in [-0.39, 0.29) is 0 Å². The molecule has 2 rings (SSSR count). The van der Waals surface area contributed by atoms with E-state index in [9.17, 15) is 14.4 Å². The molecule has 2 aromatic carbocycles. The van der Waals surface area contributed by atoms with E-state index in [2.05, 4.69) is 5.32 Å². The molecule has 0 aliphatic heterocycles. The van der Waals surface area contributed by atoms with Gasteiger partial charge in [-0.15, -0.1) is 0 Å². The number of hydrogen-bond acceptors (Lipinski definition) is 5. The number of rotatable bonds is 5. The van der Waals surface area contributed by atoms with Gasteiger partial charge < -0.3 is 14.8 Å². The number of carbonyl (C=O) groups excluding carboxylic acids is 3. The molecule has 0 saturated carbocycles. The van der Waals surface area contributed by atoms with Crippen molar-refractivity contribution >= 4 is 23.5 Å². The van der Waals surface area contributed by atoms with Crippen LogP contribution in [0.5, 0.6) is 0 Å². The van der Waals surface area contributed by atoms with Gasteiger partial charge in [0.05, 0.1) is 0 Å². The van der Waals surface area contributed by atoms with Crippen LogP contribution in [-0.4, -0.2) is 24.1 Å². The molecule has 0 atom stereocenters. The first-order valence-corrected chi connectivity index (χ1v) is 7.27. The molecule has 124 valence electrons. The summed E-state index contributed by atoms with van der Waals surface area (Å²) in [6.07, 6.45) is -1.64. The third-order valence-electron chi connectivity index (χ3n) is 3.03. The van der Waals surface area contributed by atoms with Gasteiger partial charge in [-0.25, -0.2) is 0 Å². The van der Waals surface area contributed by atoms with Gasteiger partial charge in [-0.1, -0.05) is 48.5 Å². The van der Waals surface area contributed by atoms with Crippen molar-refractivity contribution in [2.45, 2.75) is 20.1 Å². The highest BCUT2D eigenvalue weighted by Crippen LogP contribution is 2.27. The van der Waals surface area contributed by atoms with Crippen LogP contribution < -0.4 is 5.32 Å². The molecule has 0 aliphatic rings. The van der Waals surface area contributed by atoms with E-state index in [0.717, 1.165) is 25.0 Å². The van der Waals surface area contributed by atoms with Crippen LogP contribution in [-0.2, 0) is 23.9 Å². The maximum absolute atomic E-state index is 12.3. The Morgan fingerprint density at radius 2 is 1.38 bits per heavy atom. The number of para-hydroxylation sites is 1. The number of benzene rings is 2. The number of amides is 1. The van der Waals surface area contributed by atoms with Crippen molar-refractivity contribution in [1.29, 1.82) is 0 Å². The average molecular weight is 327 g/mol. The molecule has 24 heavy (non-hydrogen) atoms. The van der Waals surface area contributed by atoms with Crippen molar-refractivity contribution in [3.8, 4) is 11.1 Å². The lowest BCUT2D eigenvalue weighted by Gasteiger charge is -2.17. The van der Waals surface area contributed by atoms with Crippen molar-refractivity contribution in [2.24, 2.45) is 0 Å². The molecule has 0 saturated heterocycles. The van der Waals surface area contributed by atoms with Crippen molar-refractivity contribution < 1.29 is 23.9 Å². The summed E-state index contributed by atoms with van der Waals surface area (Å²) in [7, 11) is 0. The molecule has 6 heteroatoms. The summed E-state index contributed by atoms with van der Waals surface area (Å²) in [5.74, 6) is -2.20. The molecule has 0 aliphatic carbocycles. The fraction of sp³-hybridized carbons (Fsp3) is 0.167. The summed E-state index contributed by atoms with van der Waals surface area (Å²) >= 11 is 0. The molecule has 0 heterocycles. The molecule has 1 N–H and O–H groups in total. The van der Waals surface area contributed by atoms with E-state index in [1.54, 1.807) is 12.1 Å². The van der Waals surface area contributed by atoms with Crippen LogP contribution in [0.4, 0.5) is 5.69 Å². The number of anilines is 1. The number of esters is 2. The lowest BCUT2D eigenvalue weighted by molar-refractivity contribution is -0.188. The molecule has 0 fully saturated rings. The summed E-state index contributed by atoms with van der Waals surface area (Å²) in [5.41, 5.74) is 2.21. The van der Waals surface area contributed by atoms with Crippen LogP contribution in [0.15, 0.2) is 54.6 Å². The minimum atomic E-state index is -1.64. The van der Waals surface area contributed by atoms with Crippen LogP contribution in [0.25, 0.3) is 11.1 Å². The van der Waals surface area contributed by atoms with E-state index >= 15 is 0 Å². The van der Waals surface area contributed by atoms with Gasteiger partial charge in [0.2, 0.25) is 0 Å². The van der Waals surface area contributed by atoms with E-state index in [1.807, 2.05) is 42.5 Å². The topological polar surface area (TPSA) is 81.7 Å². The van der Waals surface area contributed by atoms with E-state index in [1.165, 1.54) is 0 Å². The van der Waals surface area contributed by atoms with E-state index in [0.29, 0.717) is 5.69 Å². The van der Waals surface area contributed by atoms with Gasteiger partial charge in [-0.3, -0.25) is 14.4 Å². The van der Waals surface area contributed by atoms with Crippen LogP contribution in [0.1, 0.15) is 13.8 Å². The predicted octanol–water partition coefficient (Wildman–Crippen LogP) is 2.74. The number of ether oxygens (including phenoxy) is 2. The zero-order valence-electron chi connectivity index (χ0n) is 13.3. The Morgan fingerprint density at radius 3 is 1.96 bits per heavy atom. The Morgan fingerprint density at radius 1 is 0.833 bits per heavy atom. The van der Waals surface area contributed by atoms with Gasteiger partial charge in [-0.2, -0.15) is 0 Å². The van der Waals surface area contributed by atoms with Crippen molar-refractivity contribution in [3.05, 3.63) is 54.6 Å². The number of nitrogens with one attached hydrogen (secondary N) is 1. The third-order valence-corrected chi connectivity index (χ3v) is 3.03. The van der Waals surface area contributed by atoms with E-state index < -0.39 is 24.1 Å². The maximum Gasteiger partial charge on any atom is 0.326 e. The Hall–Kier alpha value is -3.15. The predicted molar refractivity (Wildman–Crippen MR) is 87.8 cm³/mol. The molecular weight excluding hydrogens is 310 g/mol. The number of hydrogen-bond donors (Lipinski definition) is 1. The highest BCUT2D eigenvalue weighted by Gasteiger charge is 2.25. The van der Waals surface area contributed by atoms with Crippen LogP contribution in [0.2, 0.25) is 0 Å². The monoisotopic (exact) mass is 327 g/mol. The van der Waals surface area contributed by atoms with Gasteiger partial charge in [0.25, 0.3) is 0 Å². The summed E-state index contributed by atoms with van der Waals surface area (Å²) in [6, 6.07) is 16.6. The first kappa shape index (κ1) is 17.2. The first-order valence-electron chi connectivity index (χ1n) is 7.27. The summed E-state index contributed by atoms with van der Waals surface area (Å²) in [4.78, 5) is 34.5. The normalized spacial score (nSPS) is 10.1. The van der Waals surface area contributed by atoms with Crippen LogP contribution >= 0.6 is 0 Å².